The molecule has 0 radical (unpaired) electrons. The van der Waals surface area contributed by atoms with E-state index in [1.165, 1.54) is 63.4 Å². The number of nitriles is 1. The van der Waals surface area contributed by atoms with Crippen LogP contribution in [0.5, 0.6) is 0 Å². The Kier molecular flexibility index (Phi) is 6.48. The van der Waals surface area contributed by atoms with Crippen LogP contribution < -0.4 is 0 Å². The summed E-state index contributed by atoms with van der Waals surface area (Å²) < 4.78 is 0. The maximum atomic E-state index is 11.0. The number of hydrogen-bond donors (Lipinski definition) is 1. The van der Waals surface area contributed by atoms with Gasteiger partial charge in [-0.1, -0.05) is 51.0 Å². The molecule has 7 atom stereocenters. The van der Waals surface area contributed by atoms with Crippen molar-refractivity contribution in [3.8, 4) is 6.07 Å². The minimum Gasteiger partial charge on any atom is -0.390 e. The van der Waals surface area contributed by atoms with E-state index in [4.69, 9.17) is 5.26 Å². The van der Waals surface area contributed by atoms with E-state index in [0.29, 0.717) is 10.8 Å². The van der Waals surface area contributed by atoms with Gasteiger partial charge in [0.05, 0.1) is 17.2 Å². The van der Waals surface area contributed by atoms with Gasteiger partial charge < -0.3 is 5.11 Å². The summed E-state index contributed by atoms with van der Waals surface area (Å²) in [5.41, 5.74) is 4.16. The van der Waals surface area contributed by atoms with Gasteiger partial charge in [0.25, 0.3) is 0 Å². The van der Waals surface area contributed by atoms with Crippen molar-refractivity contribution in [2.45, 2.75) is 110 Å². The van der Waals surface area contributed by atoms with Crippen LogP contribution in [0.4, 0.5) is 0 Å². The van der Waals surface area contributed by atoms with Crippen LogP contribution in [-0.2, 0) is 6.42 Å². The van der Waals surface area contributed by atoms with Gasteiger partial charge in [0, 0.05) is 0 Å². The molecule has 4 aliphatic carbocycles. The normalized spacial score (nSPS) is 41.1. The fraction of sp³-hybridized carbons (Fsp3) is 0.719. The Morgan fingerprint density at radius 3 is 2.53 bits per heavy atom. The molecule has 5 rings (SSSR count). The predicted octanol–water partition coefficient (Wildman–Crippen LogP) is 7.99. The summed E-state index contributed by atoms with van der Waals surface area (Å²) in [4.78, 5) is 0. The highest BCUT2D eigenvalue weighted by Gasteiger charge is 2.59. The lowest BCUT2D eigenvalue weighted by atomic mass is 9.46. The van der Waals surface area contributed by atoms with Gasteiger partial charge in [-0.05, 0) is 129 Å². The highest BCUT2D eigenvalue weighted by atomic mass is 16.3. The highest BCUT2D eigenvalue weighted by molar-refractivity contribution is 5.31. The number of aryl methyl sites for hydroxylation is 1. The molecular weight excluding hydrogens is 414 g/mol. The summed E-state index contributed by atoms with van der Waals surface area (Å²) in [5.74, 6) is 3.50. The van der Waals surface area contributed by atoms with Crippen molar-refractivity contribution in [3.63, 3.8) is 0 Å². The van der Waals surface area contributed by atoms with E-state index in [1.54, 1.807) is 5.57 Å². The fourth-order valence-corrected chi connectivity index (χ4v) is 9.06. The van der Waals surface area contributed by atoms with E-state index in [1.807, 2.05) is 12.1 Å². The maximum absolute atomic E-state index is 11.0. The molecule has 1 aromatic rings. The molecule has 0 amide bonds. The zero-order valence-electron chi connectivity index (χ0n) is 21.8. The van der Waals surface area contributed by atoms with Crippen molar-refractivity contribution in [3.05, 3.63) is 47.0 Å². The minimum atomic E-state index is -0.447. The largest absolute Gasteiger partial charge is 0.390 e. The molecule has 1 N–H and O–H groups in total. The van der Waals surface area contributed by atoms with Gasteiger partial charge >= 0.3 is 0 Å². The molecule has 184 valence electrons. The molecule has 3 saturated carbocycles. The topological polar surface area (TPSA) is 44.0 Å². The zero-order valence-corrected chi connectivity index (χ0v) is 21.8. The number of aliphatic hydroxyl groups is 1. The lowest BCUT2D eigenvalue weighted by Gasteiger charge is -2.59. The summed E-state index contributed by atoms with van der Waals surface area (Å²) in [6.45, 7) is 7.37. The van der Waals surface area contributed by atoms with Crippen LogP contribution in [0.25, 0.3) is 0 Å². The number of hydrogen-bond acceptors (Lipinski definition) is 2. The van der Waals surface area contributed by atoms with E-state index >= 15 is 0 Å². The quantitative estimate of drug-likeness (QED) is 0.346. The van der Waals surface area contributed by atoms with Crippen LogP contribution in [-0.4, -0.2) is 10.7 Å². The Morgan fingerprint density at radius 2 is 1.79 bits per heavy atom. The zero-order chi connectivity index (χ0) is 24.0. The molecule has 0 aromatic heterocycles. The van der Waals surface area contributed by atoms with Crippen LogP contribution in [0.1, 0.15) is 109 Å². The Hall–Kier alpha value is -1.59. The Morgan fingerprint density at radius 1 is 1.00 bits per heavy atom. The highest BCUT2D eigenvalue weighted by Crippen LogP contribution is 2.67. The number of rotatable bonds is 6. The van der Waals surface area contributed by atoms with E-state index in [9.17, 15) is 5.11 Å². The minimum absolute atomic E-state index is 0.338. The first-order valence-electron chi connectivity index (χ1n) is 14.2. The molecule has 0 heterocycles. The summed E-state index contributed by atoms with van der Waals surface area (Å²) in [6, 6.07) is 10.4. The van der Waals surface area contributed by atoms with Crippen LogP contribution in [0.3, 0.4) is 0 Å². The predicted molar refractivity (Wildman–Crippen MR) is 139 cm³/mol. The third-order valence-electron chi connectivity index (χ3n) is 11.5. The molecule has 2 heteroatoms. The summed E-state index contributed by atoms with van der Waals surface area (Å²) in [7, 11) is 0. The van der Waals surface area contributed by atoms with E-state index in [-0.39, 0.29) is 0 Å². The van der Waals surface area contributed by atoms with Gasteiger partial charge in [0.1, 0.15) is 0 Å². The molecule has 3 fully saturated rings. The van der Waals surface area contributed by atoms with Crippen molar-refractivity contribution in [2.75, 3.05) is 0 Å². The molecule has 0 aliphatic heterocycles. The second-order valence-corrected chi connectivity index (χ2v) is 12.9. The van der Waals surface area contributed by atoms with Gasteiger partial charge in [-0.25, -0.2) is 0 Å². The van der Waals surface area contributed by atoms with E-state index < -0.39 is 5.60 Å². The van der Waals surface area contributed by atoms with Gasteiger partial charge in [-0.2, -0.15) is 5.26 Å². The molecule has 0 bridgehead atoms. The SMILES string of the molecule is CC[C@]1(O)CCC2(C)C(=CCC3C2CCC2(C)C(CCCCc4ccc(C#N)cc4)CCC32)C1. The monoisotopic (exact) mass is 459 g/mol. The summed E-state index contributed by atoms with van der Waals surface area (Å²) >= 11 is 0. The number of benzene rings is 1. The lowest BCUT2D eigenvalue weighted by molar-refractivity contribution is -0.0716. The third-order valence-corrected chi connectivity index (χ3v) is 11.5. The molecule has 34 heavy (non-hydrogen) atoms. The van der Waals surface area contributed by atoms with Gasteiger partial charge in [0.2, 0.25) is 0 Å². The first-order chi connectivity index (χ1) is 16.3. The van der Waals surface area contributed by atoms with Crippen LogP contribution in [0.15, 0.2) is 35.9 Å². The summed E-state index contributed by atoms with van der Waals surface area (Å²) in [5, 5.41) is 20.0. The second kappa shape index (κ2) is 9.13. The van der Waals surface area contributed by atoms with Gasteiger partial charge in [0.15, 0.2) is 0 Å². The standard InChI is InChI=1S/C32H45NO/c1-4-32(34)20-19-31(3)26(21-32)13-15-27-28-16-14-25(30(28,2)18-17-29(27)31)8-6-5-7-23-9-11-24(22-33)12-10-23/h9-13,25,27-29,34H,4-8,14-21H2,1-3H3/t25?,27?,28?,29?,30?,31?,32-/m0/s1. The first kappa shape index (κ1) is 24.1. The lowest BCUT2D eigenvalue weighted by Crippen LogP contribution is -2.52. The van der Waals surface area contributed by atoms with Crippen LogP contribution >= 0.6 is 0 Å². The van der Waals surface area contributed by atoms with E-state index in [2.05, 4.69) is 45.0 Å². The fourth-order valence-electron chi connectivity index (χ4n) is 9.06. The van der Waals surface area contributed by atoms with Crippen molar-refractivity contribution in [2.24, 2.45) is 34.5 Å². The molecule has 0 saturated heterocycles. The molecule has 6 unspecified atom stereocenters. The smallest absolute Gasteiger partial charge is 0.0991 e. The Balaban J connectivity index is 1.21. The number of nitrogens with zero attached hydrogens (tertiary/aromatic N) is 1. The first-order valence-corrected chi connectivity index (χ1v) is 14.2. The molecular formula is C32H45NO. The van der Waals surface area contributed by atoms with Gasteiger partial charge in [-0.15, -0.1) is 0 Å². The number of fused-ring (bicyclic) bond motifs is 5. The number of allylic oxidation sites excluding steroid dienone is 1. The Bertz CT molecular complexity index is 956. The second-order valence-electron chi connectivity index (χ2n) is 12.9. The van der Waals surface area contributed by atoms with Crippen molar-refractivity contribution < 1.29 is 5.11 Å². The van der Waals surface area contributed by atoms with Crippen molar-refractivity contribution in [1.82, 2.24) is 0 Å². The number of unbranched alkanes of at least 4 members (excludes halogenated alkanes) is 1. The molecule has 1 aromatic carbocycles. The average molecular weight is 460 g/mol. The molecule has 4 aliphatic rings. The third kappa shape index (κ3) is 4.07. The van der Waals surface area contributed by atoms with Crippen LogP contribution in [0.2, 0.25) is 0 Å². The van der Waals surface area contributed by atoms with Crippen LogP contribution in [0, 0.1) is 45.8 Å². The Labute approximate surface area is 207 Å². The van der Waals surface area contributed by atoms with Gasteiger partial charge in [-0.3, -0.25) is 0 Å². The van der Waals surface area contributed by atoms with Crippen molar-refractivity contribution >= 4 is 0 Å². The van der Waals surface area contributed by atoms with E-state index in [0.717, 1.165) is 54.9 Å². The summed E-state index contributed by atoms with van der Waals surface area (Å²) in [6.07, 6.45) is 18.7. The molecule has 0 spiro atoms. The van der Waals surface area contributed by atoms with Crippen molar-refractivity contribution in [1.29, 1.82) is 5.26 Å². The molecule has 2 nitrogen and oxygen atoms in total. The maximum Gasteiger partial charge on any atom is 0.0991 e. The average Bonchev–Trinajstić information content (AvgIpc) is 3.19.